The molecule has 1 aliphatic carbocycles. The minimum Gasteiger partial charge on any atom is -0.469 e. The minimum atomic E-state index is -0.337. The van der Waals surface area contributed by atoms with Crippen molar-refractivity contribution in [3.8, 4) is 0 Å². The second-order valence-electron chi connectivity index (χ2n) is 7.68. The average molecular weight is 458 g/mol. The first kappa shape index (κ1) is 24.3. The predicted molar refractivity (Wildman–Crippen MR) is 120 cm³/mol. The number of hydrogen-bond donors (Lipinski definition) is 1. The summed E-state index contributed by atoms with van der Waals surface area (Å²) >= 11 is 0. The number of aliphatic hydroxyl groups is 1. The lowest BCUT2D eigenvalue weighted by Crippen LogP contribution is -2.49. The van der Waals surface area contributed by atoms with Crippen LogP contribution in [0.25, 0.3) is 12.2 Å². The molecule has 0 aromatic carbocycles. The van der Waals surface area contributed by atoms with Gasteiger partial charge in [-0.15, -0.1) is 0 Å². The molecule has 0 bridgehead atoms. The van der Waals surface area contributed by atoms with Crippen LogP contribution >= 0.6 is 0 Å². The van der Waals surface area contributed by atoms with E-state index in [1.54, 1.807) is 35.8 Å². The Labute approximate surface area is 190 Å². The van der Waals surface area contributed by atoms with Crippen LogP contribution in [0, 0.1) is 0 Å². The third kappa shape index (κ3) is 6.13. The summed E-state index contributed by atoms with van der Waals surface area (Å²) in [6.45, 7) is 1.53. The van der Waals surface area contributed by atoms with Gasteiger partial charge in [-0.05, 0) is 38.3 Å². The summed E-state index contributed by atoms with van der Waals surface area (Å²) in [5.74, 6) is 0.327. The van der Waals surface area contributed by atoms with Crippen LogP contribution in [0.3, 0.4) is 0 Å². The maximum atomic E-state index is 13.5. The number of methoxy groups -OCH3 is 1. The molecule has 3 rings (SSSR count). The number of carbonyl (C=O) groups is 1. The Morgan fingerprint density at radius 1 is 1.42 bits per heavy atom. The number of carbonyl (C=O) groups excluding carboxylic acids is 1. The molecule has 1 aliphatic rings. The summed E-state index contributed by atoms with van der Waals surface area (Å²) in [5, 5.41) is 14.0. The van der Waals surface area contributed by atoms with Gasteiger partial charge in [0.2, 0.25) is 0 Å². The Balaban J connectivity index is 1.99. The number of aryl methyl sites for hydroxylation is 1. The molecule has 2 aromatic rings. The molecule has 1 N–H and O–H groups in total. The SMILES string of the molecule is C/C=c1/c(=O)n(C2C=CC(F)=CC2)c(CCCCC(=O)OC)n/c1=C/Cc1cc(CO)on1. The van der Waals surface area contributed by atoms with E-state index in [1.807, 2.05) is 0 Å². The lowest BCUT2D eigenvalue weighted by molar-refractivity contribution is -0.140. The van der Waals surface area contributed by atoms with Gasteiger partial charge in [0.15, 0.2) is 5.76 Å². The third-order valence-corrected chi connectivity index (χ3v) is 5.43. The second kappa shape index (κ2) is 11.5. The van der Waals surface area contributed by atoms with Gasteiger partial charge in [-0.2, -0.15) is 0 Å². The van der Waals surface area contributed by atoms with Crippen molar-refractivity contribution in [3.63, 3.8) is 0 Å². The van der Waals surface area contributed by atoms with Crippen LogP contribution in [0.2, 0.25) is 0 Å². The van der Waals surface area contributed by atoms with Crippen molar-refractivity contribution in [3.05, 3.63) is 68.3 Å². The molecule has 1 unspecified atom stereocenters. The molecule has 176 valence electrons. The van der Waals surface area contributed by atoms with E-state index in [-0.39, 0.29) is 36.4 Å². The zero-order valence-electron chi connectivity index (χ0n) is 18.8. The summed E-state index contributed by atoms with van der Waals surface area (Å²) in [6.07, 6.45) is 10.7. The standard InChI is InChI=1S/C24H28FN3O5/c1-3-20-21(13-10-17-14-19(15-29)33-27-17)26-22(6-4-5-7-23(30)32-2)28(24(20)31)18-11-8-16(25)9-12-18/h3,8-9,11,13-14,18,29H,4-7,10,12,15H2,1-2H3/b20-3+,21-13+. The van der Waals surface area contributed by atoms with Crippen LogP contribution in [0.15, 0.2) is 39.4 Å². The van der Waals surface area contributed by atoms with E-state index in [4.69, 9.17) is 14.6 Å². The molecule has 2 aromatic heterocycles. The van der Waals surface area contributed by atoms with Gasteiger partial charge in [-0.3, -0.25) is 14.2 Å². The fourth-order valence-corrected chi connectivity index (χ4v) is 3.71. The monoisotopic (exact) mass is 457 g/mol. The van der Waals surface area contributed by atoms with Gasteiger partial charge < -0.3 is 14.4 Å². The van der Waals surface area contributed by atoms with Gasteiger partial charge >= 0.3 is 5.97 Å². The average Bonchev–Trinajstić information content (AvgIpc) is 3.29. The van der Waals surface area contributed by atoms with Crippen LogP contribution < -0.4 is 16.1 Å². The first-order valence-corrected chi connectivity index (χ1v) is 10.9. The lowest BCUT2D eigenvalue weighted by Gasteiger charge is -2.21. The van der Waals surface area contributed by atoms with E-state index in [9.17, 15) is 14.0 Å². The highest BCUT2D eigenvalue weighted by atomic mass is 19.1. The highest BCUT2D eigenvalue weighted by Gasteiger charge is 2.18. The fourth-order valence-electron chi connectivity index (χ4n) is 3.71. The molecule has 1 atom stereocenters. The highest BCUT2D eigenvalue weighted by molar-refractivity contribution is 5.68. The summed E-state index contributed by atoms with van der Waals surface area (Å²) in [6, 6.07) is 1.31. The van der Waals surface area contributed by atoms with Gasteiger partial charge in [0.05, 0.1) is 29.4 Å². The van der Waals surface area contributed by atoms with Crippen molar-refractivity contribution in [1.29, 1.82) is 0 Å². The van der Waals surface area contributed by atoms with E-state index in [1.165, 1.54) is 19.3 Å². The van der Waals surface area contributed by atoms with Crippen LogP contribution in [-0.4, -0.2) is 32.9 Å². The Morgan fingerprint density at radius 2 is 2.24 bits per heavy atom. The summed E-state index contributed by atoms with van der Waals surface area (Å²) in [5.41, 5.74) is 0.408. The van der Waals surface area contributed by atoms with E-state index >= 15 is 0 Å². The number of aromatic nitrogens is 3. The number of esters is 1. The van der Waals surface area contributed by atoms with Gasteiger partial charge in [0, 0.05) is 25.3 Å². The molecule has 8 nitrogen and oxygen atoms in total. The lowest BCUT2D eigenvalue weighted by atomic mass is 10.1. The first-order valence-electron chi connectivity index (χ1n) is 10.9. The number of hydrogen-bond acceptors (Lipinski definition) is 7. The Hall–Kier alpha value is -3.33. The molecule has 0 saturated carbocycles. The van der Waals surface area contributed by atoms with Crippen molar-refractivity contribution < 1.29 is 23.6 Å². The fraction of sp³-hybridized carbons (Fsp3) is 0.417. The Bertz CT molecular complexity index is 1230. The normalized spacial score (nSPS) is 16.8. The molecule has 0 spiro atoms. The third-order valence-electron chi connectivity index (χ3n) is 5.43. The second-order valence-corrected chi connectivity index (χ2v) is 7.68. The number of rotatable bonds is 9. The van der Waals surface area contributed by atoms with Gasteiger partial charge in [0.1, 0.15) is 18.3 Å². The van der Waals surface area contributed by atoms with Crippen molar-refractivity contribution in [2.24, 2.45) is 0 Å². The molecule has 2 heterocycles. The molecule has 0 fully saturated rings. The van der Waals surface area contributed by atoms with Crippen LogP contribution in [0.4, 0.5) is 4.39 Å². The van der Waals surface area contributed by atoms with Crippen LogP contribution in [0.1, 0.15) is 55.9 Å². The maximum absolute atomic E-state index is 13.5. The van der Waals surface area contributed by atoms with Crippen molar-refractivity contribution in [2.75, 3.05) is 7.11 Å². The highest BCUT2D eigenvalue weighted by Crippen LogP contribution is 2.21. The molecule has 33 heavy (non-hydrogen) atoms. The topological polar surface area (TPSA) is 107 Å². The maximum Gasteiger partial charge on any atom is 0.305 e. The zero-order valence-corrected chi connectivity index (χ0v) is 18.8. The molecular formula is C24H28FN3O5. The summed E-state index contributed by atoms with van der Waals surface area (Å²) in [7, 11) is 1.35. The molecule has 0 amide bonds. The number of ether oxygens (including phenoxy) is 1. The number of aliphatic hydroxyl groups excluding tert-OH is 1. The van der Waals surface area contributed by atoms with E-state index in [0.717, 1.165) is 0 Å². The number of allylic oxidation sites excluding steroid dienone is 4. The Morgan fingerprint density at radius 3 is 2.88 bits per heavy atom. The minimum absolute atomic E-state index is 0.205. The molecule has 9 heteroatoms. The predicted octanol–water partition coefficient (Wildman–Crippen LogP) is 1.79. The van der Waals surface area contributed by atoms with Crippen molar-refractivity contribution in [1.82, 2.24) is 14.7 Å². The number of unbranched alkanes of at least 4 members (excludes halogenated alkanes) is 1. The molecule has 0 saturated heterocycles. The smallest absolute Gasteiger partial charge is 0.305 e. The zero-order chi connectivity index (χ0) is 23.8. The Kier molecular flexibility index (Phi) is 8.48. The molecule has 0 aliphatic heterocycles. The van der Waals surface area contributed by atoms with E-state index in [2.05, 4.69) is 9.89 Å². The van der Waals surface area contributed by atoms with E-state index in [0.29, 0.717) is 60.0 Å². The van der Waals surface area contributed by atoms with E-state index < -0.39 is 0 Å². The van der Waals surface area contributed by atoms with Crippen LogP contribution in [-0.2, 0) is 29.0 Å². The summed E-state index contributed by atoms with van der Waals surface area (Å²) in [4.78, 5) is 29.7. The number of nitrogens with zero attached hydrogens (tertiary/aromatic N) is 3. The van der Waals surface area contributed by atoms with Crippen LogP contribution in [0.5, 0.6) is 0 Å². The van der Waals surface area contributed by atoms with Gasteiger partial charge in [-0.25, -0.2) is 9.37 Å². The van der Waals surface area contributed by atoms with Crippen molar-refractivity contribution in [2.45, 2.75) is 58.1 Å². The molecule has 0 radical (unpaired) electrons. The summed E-state index contributed by atoms with van der Waals surface area (Å²) < 4.78 is 24.8. The largest absolute Gasteiger partial charge is 0.469 e. The van der Waals surface area contributed by atoms with Crippen molar-refractivity contribution >= 4 is 18.1 Å². The quantitative estimate of drug-likeness (QED) is 0.452. The van der Waals surface area contributed by atoms with Gasteiger partial charge in [0.25, 0.3) is 5.56 Å². The van der Waals surface area contributed by atoms with Gasteiger partial charge in [-0.1, -0.05) is 23.4 Å². The number of halogens is 1. The molecular weight excluding hydrogens is 429 g/mol. The first-order chi connectivity index (χ1) is 16.0.